The molecule has 3 rings (SSSR count). The van der Waals surface area contributed by atoms with Crippen LogP contribution in [0.1, 0.15) is 13.8 Å². The third-order valence-corrected chi connectivity index (χ3v) is 6.31. The molecule has 2 atom stereocenters. The Bertz CT molecular complexity index is 1300. The van der Waals surface area contributed by atoms with E-state index in [0.717, 1.165) is 12.2 Å². The standard InChI is InChI=1S/C32H34N4O6/c1-7-29(37)41-23(3)35(27-15-11-9-12-16-27)31(39)33(5)25-19-21-26(22-20-25)34(6)32(40)36(24(4)42-30(38)8-2)28-17-13-10-14-18-28/h7-24H,1-2H2,3-6H3. The predicted molar refractivity (Wildman–Crippen MR) is 163 cm³/mol. The normalized spacial score (nSPS) is 11.7. The highest BCUT2D eigenvalue weighted by atomic mass is 16.6. The molecule has 0 aliphatic carbocycles. The van der Waals surface area contributed by atoms with Crippen LogP contribution in [0.5, 0.6) is 0 Å². The number of rotatable bonds is 10. The molecule has 218 valence electrons. The lowest BCUT2D eigenvalue weighted by atomic mass is 10.2. The van der Waals surface area contributed by atoms with Crippen molar-refractivity contribution in [1.29, 1.82) is 0 Å². The number of urea groups is 2. The van der Waals surface area contributed by atoms with E-state index < -0.39 is 36.5 Å². The van der Waals surface area contributed by atoms with Gasteiger partial charge < -0.3 is 9.47 Å². The molecule has 3 aromatic carbocycles. The van der Waals surface area contributed by atoms with Gasteiger partial charge in [0.05, 0.1) is 0 Å². The number of carbonyl (C=O) groups excluding carboxylic acids is 4. The molecule has 10 heteroatoms. The molecule has 4 amide bonds. The summed E-state index contributed by atoms with van der Waals surface area (Å²) in [5.41, 5.74) is 2.13. The van der Waals surface area contributed by atoms with Gasteiger partial charge in [-0.1, -0.05) is 49.6 Å². The summed E-state index contributed by atoms with van der Waals surface area (Å²) in [6.45, 7) is 10.0. The predicted octanol–water partition coefficient (Wildman–Crippen LogP) is 5.96. The van der Waals surface area contributed by atoms with Crippen molar-refractivity contribution in [3.63, 3.8) is 0 Å². The van der Waals surface area contributed by atoms with E-state index >= 15 is 0 Å². The third-order valence-electron chi connectivity index (χ3n) is 6.31. The lowest BCUT2D eigenvalue weighted by molar-refractivity contribution is -0.142. The average Bonchev–Trinajstić information content (AvgIpc) is 3.01. The SMILES string of the molecule is C=CC(=O)OC(C)N(C(=O)N(C)c1ccc(N(C)C(=O)N(c2ccccc2)C(C)OC(=O)C=C)cc1)c1ccccc1. The average molecular weight is 571 g/mol. The molecule has 0 spiro atoms. The van der Waals surface area contributed by atoms with Crippen LogP contribution in [0.25, 0.3) is 0 Å². The van der Waals surface area contributed by atoms with Crippen LogP contribution in [0.4, 0.5) is 32.3 Å². The Morgan fingerprint density at radius 1 is 0.571 bits per heavy atom. The van der Waals surface area contributed by atoms with Crippen molar-refractivity contribution in [2.45, 2.75) is 26.3 Å². The first-order valence-corrected chi connectivity index (χ1v) is 13.1. The van der Waals surface area contributed by atoms with Gasteiger partial charge in [-0.05, 0) is 62.4 Å². The van der Waals surface area contributed by atoms with Crippen molar-refractivity contribution < 1.29 is 28.7 Å². The topological polar surface area (TPSA) is 99.7 Å². The van der Waals surface area contributed by atoms with E-state index in [4.69, 9.17) is 9.47 Å². The number of amides is 4. The number of nitrogens with zero attached hydrogens (tertiary/aromatic N) is 4. The molecule has 0 aromatic heterocycles. The lowest BCUT2D eigenvalue weighted by Crippen LogP contribution is -2.48. The molecule has 0 heterocycles. The van der Waals surface area contributed by atoms with E-state index in [0.29, 0.717) is 22.7 Å². The van der Waals surface area contributed by atoms with E-state index in [9.17, 15) is 19.2 Å². The molecule has 0 bridgehead atoms. The number of ether oxygens (including phenoxy) is 2. The first kappa shape index (κ1) is 31.2. The van der Waals surface area contributed by atoms with Gasteiger partial charge in [0.1, 0.15) is 0 Å². The van der Waals surface area contributed by atoms with E-state index in [1.165, 1.54) is 19.6 Å². The number of carbonyl (C=O) groups is 4. The maximum Gasteiger partial charge on any atom is 0.332 e. The monoisotopic (exact) mass is 570 g/mol. The molecule has 0 aliphatic heterocycles. The highest BCUT2D eigenvalue weighted by molar-refractivity contribution is 6.05. The van der Waals surface area contributed by atoms with Crippen molar-refractivity contribution >= 4 is 46.8 Å². The van der Waals surface area contributed by atoms with Crippen LogP contribution in [0.3, 0.4) is 0 Å². The molecule has 0 N–H and O–H groups in total. The zero-order valence-corrected chi connectivity index (χ0v) is 24.0. The highest BCUT2D eigenvalue weighted by Crippen LogP contribution is 2.26. The maximum atomic E-state index is 13.6. The van der Waals surface area contributed by atoms with Gasteiger partial charge in [0.25, 0.3) is 0 Å². The van der Waals surface area contributed by atoms with Crippen molar-refractivity contribution in [2.24, 2.45) is 0 Å². The second-order valence-corrected chi connectivity index (χ2v) is 9.09. The smallest absolute Gasteiger partial charge is 0.332 e. The largest absolute Gasteiger partial charge is 0.438 e. The van der Waals surface area contributed by atoms with Crippen LogP contribution in [0, 0.1) is 0 Å². The molecular weight excluding hydrogens is 536 g/mol. The Morgan fingerprint density at radius 2 is 0.881 bits per heavy atom. The number of hydrogen-bond donors (Lipinski definition) is 0. The third kappa shape index (κ3) is 7.42. The summed E-state index contributed by atoms with van der Waals surface area (Å²) in [5, 5.41) is 0. The number of para-hydroxylation sites is 2. The minimum Gasteiger partial charge on any atom is -0.438 e. The fraction of sp³-hybridized carbons (Fsp3) is 0.188. The molecule has 0 saturated heterocycles. The van der Waals surface area contributed by atoms with Crippen LogP contribution in [-0.4, -0.2) is 50.6 Å². The van der Waals surface area contributed by atoms with E-state index in [1.807, 2.05) is 12.1 Å². The molecule has 42 heavy (non-hydrogen) atoms. The Morgan fingerprint density at radius 3 is 1.17 bits per heavy atom. The minimum atomic E-state index is -0.919. The lowest BCUT2D eigenvalue weighted by Gasteiger charge is -2.33. The summed E-state index contributed by atoms with van der Waals surface area (Å²) in [4.78, 5) is 56.5. The number of hydrogen-bond acceptors (Lipinski definition) is 6. The van der Waals surface area contributed by atoms with Crippen LogP contribution < -0.4 is 19.6 Å². The zero-order chi connectivity index (χ0) is 30.8. The molecular formula is C32H34N4O6. The van der Waals surface area contributed by atoms with Crippen LogP contribution in [0.15, 0.2) is 110 Å². The Balaban J connectivity index is 1.85. The Labute approximate surface area is 245 Å². The van der Waals surface area contributed by atoms with Crippen molar-refractivity contribution in [2.75, 3.05) is 33.7 Å². The van der Waals surface area contributed by atoms with Gasteiger partial charge in [0.15, 0.2) is 12.5 Å². The fourth-order valence-corrected chi connectivity index (χ4v) is 4.11. The van der Waals surface area contributed by atoms with Gasteiger partial charge >= 0.3 is 24.0 Å². The van der Waals surface area contributed by atoms with Gasteiger partial charge in [-0.3, -0.25) is 19.6 Å². The van der Waals surface area contributed by atoms with Gasteiger partial charge in [0, 0.05) is 49.0 Å². The van der Waals surface area contributed by atoms with Crippen LogP contribution >= 0.6 is 0 Å². The number of benzene rings is 3. The minimum absolute atomic E-state index is 0.448. The van der Waals surface area contributed by atoms with Gasteiger partial charge in [-0.25, -0.2) is 19.2 Å². The second-order valence-electron chi connectivity index (χ2n) is 9.09. The molecule has 0 radical (unpaired) electrons. The molecule has 10 nitrogen and oxygen atoms in total. The van der Waals surface area contributed by atoms with Crippen molar-refractivity contribution in [3.05, 3.63) is 110 Å². The van der Waals surface area contributed by atoms with E-state index in [2.05, 4.69) is 13.2 Å². The maximum absolute atomic E-state index is 13.6. The Hall–Kier alpha value is -5.38. The van der Waals surface area contributed by atoms with E-state index in [1.54, 1.807) is 101 Å². The molecule has 0 saturated carbocycles. The fourth-order valence-electron chi connectivity index (χ4n) is 4.11. The van der Waals surface area contributed by atoms with Gasteiger partial charge in [-0.2, -0.15) is 0 Å². The summed E-state index contributed by atoms with van der Waals surface area (Å²) in [7, 11) is 3.19. The zero-order valence-electron chi connectivity index (χ0n) is 24.0. The second kappa shape index (κ2) is 14.3. The van der Waals surface area contributed by atoms with Crippen LogP contribution in [0.2, 0.25) is 0 Å². The number of anilines is 4. The summed E-state index contributed by atoms with van der Waals surface area (Å²) in [6.07, 6.45) is 0.232. The molecule has 2 unspecified atom stereocenters. The van der Waals surface area contributed by atoms with Crippen LogP contribution in [-0.2, 0) is 19.1 Å². The summed E-state index contributed by atoms with van der Waals surface area (Å²) in [6, 6.07) is 23.5. The Kier molecular flexibility index (Phi) is 10.6. The first-order valence-electron chi connectivity index (χ1n) is 13.1. The van der Waals surface area contributed by atoms with E-state index in [-0.39, 0.29) is 0 Å². The molecule has 0 fully saturated rings. The highest BCUT2D eigenvalue weighted by Gasteiger charge is 2.30. The first-order chi connectivity index (χ1) is 20.1. The van der Waals surface area contributed by atoms with Gasteiger partial charge in [0.2, 0.25) is 0 Å². The molecule has 0 aliphatic rings. The summed E-state index contributed by atoms with van der Waals surface area (Å²) in [5.74, 6) is -1.32. The summed E-state index contributed by atoms with van der Waals surface area (Å²) >= 11 is 0. The number of esters is 2. The van der Waals surface area contributed by atoms with Crippen molar-refractivity contribution in [3.8, 4) is 0 Å². The van der Waals surface area contributed by atoms with Gasteiger partial charge in [-0.15, -0.1) is 0 Å². The van der Waals surface area contributed by atoms with Crippen molar-refractivity contribution in [1.82, 2.24) is 0 Å². The summed E-state index contributed by atoms with van der Waals surface area (Å²) < 4.78 is 10.7. The molecule has 3 aromatic rings. The quantitative estimate of drug-likeness (QED) is 0.169.